The standard InChI is InChI=1S/C48H56FN11O3/c1-30-24-59(46-38(30)20-36(23-51-46)58-19-14-44(62)52-47(58)63)32-10-15-48(16-11-32)28-55(29-48)25-31-12-17-56(18-13-31)41-21-33(8-9-39(41)49)60-34-6-7-35(60)27-57(26-34)42-22-40(53-54-45(42)50)37-4-2-3-5-43(37)61/h2-5,8-9,20-24,31-32,34-35,61H,6-7,10-19,25-29H2,1H3,(H2,50,54)(H,52,62,63). The van der Waals surface area contributed by atoms with Gasteiger partial charge in [-0.2, -0.15) is 0 Å². The highest BCUT2D eigenvalue weighted by molar-refractivity contribution is 6.06. The first-order valence-electron chi connectivity index (χ1n) is 22.9. The molecule has 6 aliphatic rings. The fourth-order valence-corrected chi connectivity index (χ4v) is 12.0. The maximum atomic E-state index is 15.6. The number of para-hydroxylation sites is 1. The van der Waals surface area contributed by atoms with Gasteiger partial charge in [0.05, 0.1) is 29.0 Å². The first kappa shape index (κ1) is 39.9. The summed E-state index contributed by atoms with van der Waals surface area (Å²) in [7, 11) is 0. The van der Waals surface area contributed by atoms with Crippen LogP contribution in [-0.2, 0) is 4.79 Å². The molecule has 1 aliphatic carbocycles. The fraction of sp³-hybridized carbons (Fsp3) is 0.479. The Morgan fingerprint density at radius 1 is 0.857 bits per heavy atom. The molecular weight excluding hydrogens is 798 g/mol. The van der Waals surface area contributed by atoms with Gasteiger partial charge in [0, 0.05) is 99.7 Å². The Morgan fingerprint density at radius 2 is 1.62 bits per heavy atom. The maximum Gasteiger partial charge on any atom is 0.328 e. The van der Waals surface area contributed by atoms with Gasteiger partial charge in [-0.25, -0.2) is 14.2 Å². The number of aryl methyl sites for hydroxylation is 1. The van der Waals surface area contributed by atoms with Crippen molar-refractivity contribution in [1.82, 2.24) is 30.0 Å². The predicted octanol–water partition coefficient (Wildman–Crippen LogP) is 6.87. The zero-order chi connectivity index (χ0) is 43.0. The summed E-state index contributed by atoms with van der Waals surface area (Å²) in [5, 5.41) is 22.5. The number of nitrogens with two attached hydrogens (primary N) is 1. The number of carbonyl (C=O) groups is 2. The molecule has 2 aromatic carbocycles. The van der Waals surface area contributed by atoms with Crippen LogP contribution >= 0.6 is 0 Å². The van der Waals surface area contributed by atoms with Crippen LogP contribution in [0.4, 0.5) is 37.8 Å². The Hall–Kier alpha value is -5.96. The Morgan fingerprint density at radius 3 is 2.37 bits per heavy atom. The lowest BCUT2D eigenvalue weighted by Crippen LogP contribution is -2.59. The lowest BCUT2D eigenvalue weighted by Gasteiger charge is -2.55. The van der Waals surface area contributed by atoms with E-state index in [0.717, 1.165) is 111 Å². The van der Waals surface area contributed by atoms with E-state index < -0.39 is 0 Å². The molecule has 0 radical (unpaired) electrons. The monoisotopic (exact) mass is 853 g/mol. The number of aromatic hydroxyl groups is 1. The Bertz CT molecular complexity index is 2560. The van der Waals surface area contributed by atoms with Gasteiger partial charge in [-0.3, -0.25) is 15.0 Å². The number of likely N-dealkylation sites (tertiary alicyclic amines) is 1. The minimum absolute atomic E-state index is 0.148. The number of nitrogen functional groups attached to an aromatic ring is 1. The SMILES string of the molecule is Cc1cn(C2CCC3(CC2)CN(CC2CCN(c4cc(N5C6CCC5CN(c5cc(-c7ccccc7O)nnc5N)C6)ccc4F)CC2)C3)c2ncc(N3CCC(=O)NC3=O)cc12. The van der Waals surface area contributed by atoms with Crippen LogP contribution in [-0.4, -0.2) is 106 Å². The number of anilines is 5. The van der Waals surface area contributed by atoms with Crippen LogP contribution in [0, 0.1) is 24.1 Å². The van der Waals surface area contributed by atoms with Crippen LogP contribution in [0.3, 0.4) is 0 Å². The molecule has 15 heteroatoms. The third-order valence-electron chi connectivity index (χ3n) is 15.3. The second-order valence-corrected chi connectivity index (χ2v) is 19.2. The average molecular weight is 854 g/mol. The average Bonchev–Trinajstić information content (AvgIpc) is 3.74. The number of piperazine rings is 1. The van der Waals surface area contributed by atoms with E-state index in [2.05, 4.69) is 58.9 Å². The minimum atomic E-state index is -0.386. The topological polar surface area (TPSA) is 152 Å². The molecule has 4 N–H and O–H groups in total. The Labute approximate surface area is 366 Å². The van der Waals surface area contributed by atoms with E-state index in [0.29, 0.717) is 47.4 Å². The molecule has 1 spiro atoms. The number of fused-ring (bicyclic) bond motifs is 3. The molecule has 1 saturated carbocycles. The lowest BCUT2D eigenvalue weighted by atomic mass is 9.67. The lowest BCUT2D eigenvalue weighted by molar-refractivity contribution is -0.120. The molecule has 328 valence electrons. The normalized spacial score (nSPS) is 23.2. The summed E-state index contributed by atoms with van der Waals surface area (Å²) < 4.78 is 18.0. The van der Waals surface area contributed by atoms with Gasteiger partial charge in [-0.05, 0) is 118 Å². The first-order chi connectivity index (χ1) is 30.6. The van der Waals surface area contributed by atoms with Gasteiger partial charge in [0.2, 0.25) is 5.91 Å². The third-order valence-corrected chi connectivity index (χ3v) is 15.3. The molecule has 5 saturated heterocycles. The molecule has 3 amide bonds. The van der Waals surface area contributed by atoms with Gasteiger partial charge in [-0.15, -0.1) is 10.2 Å². The van der Waals surface area contributed by atoms with E-state index >= 15 is 4.39 Å². The van der Waals surface area contributed by atoms with Gasteiger partial charge in [0.15, 0.2) is 5.82 Å². The van der Waals surface area contributed by atoms with Crippen LogP contribution < -0.4 is 30.7 Å². The number of rotatable bonds is 8. The van der Waals surface area contributed by atoms with Crippen molar-refractivity contribution in [3.8, 4) is 17.0 Å². The molecule has 2 atom stereocenters. The summed E-state index contributed by atoms with van der Waals surface area (Å²) in [6.45, 7) is 9.22. The number of hydrogen-bond donors (Lipinski definition) is 3. The molecule has 11 rings (SSSR count). The molecule has 14 nitrogen and oxygen atoms in total. The van der Waals surface area contributed by atoms with Crippen LogP contribution in [0.25, 0.3) is 22.3 Å². The second kappa shape index (κ2) is 15.7. The highest BCUT2D eigenvalue weighted by Crippen LogP contribution is 2.48. The van der Waals surface area contributed by atoms with Gasteiger partial charge in [-0.1, -0.05) is 12.1 Å². The molecule has 63 heavy (non-hydrogen) atoms. The number of urea groups is 1. The number of benzene rings is 2. The largest absolute Gasteiger partial charge is 0.507 e. The van der Waals surface area contributed by atoms with Crippen molar-refractivity contribution in [2.45, 2.75) is 82.8 Å². The number of aromatic nitrogens is 4. The van der Waals surface area contributed by atoms with Crippen LogP contribution in [0.2, 0.25) is 0 Å². The van der Waals surface area contributed by atoms with Gasteiger partial charge >= 0.3 is 6.03 Å². The predicted molar refractivity (Wildman–Crippen MR) is 243 cm³/mol. The zero-order valence-corrected chi connectivity index (χ0v) is 35.9. The smallest absolute Gasteiger partial charge is 0.328 e. The number of halogens is 1. The van der Waals surface area contributed by atoms with Crippen molar-refractivity contribution < 1.29 is 19.1 Å². The number of amides is 3. The number of carbonyl (C=O) groups excluding carboxylic acids is 2. The number of pyridine rings is 1. The third kappa shape index (κ3) is 7.27. The van der Waals surface area contributed by atoms with E-state index in [-0.39, 0.29) is 35.6 Å². The number of phenolic OH excluding ortho intramolecular Hbond substituents is 1. The number of imide groups is 1. The number of piperidine rings is 1. The minimum Gasteiger partial charge on any atom is -0.507 e. The fourth-order valence-electron chi connectivity index (χ4n) is 12.0. The second-order valence-electron chi connectivity index (χ2n) is 19.2. The highest BCUT2D eigenvalue weighted by Gasteiger charge is 2.46. The number of nitrogens with one attached hydrogen (secondary N) is 1. The van der Waals surface area contributed by atoms with Crippen LogP contribution in [0.5, 0.6) is 5.75 Å². The number of phenols is 1. The van der Waals surface area contributed by atoms with E-state index in [4.69, 9.17) is 10.7 Å². The maximum absolute atomic E-state index is 15.6. The first-order valence-corrected chi connectivity index (χ1v) is 22.9. The number of hydrogen-bond acceptors (Lipinski definition) is 11. The van der Waals surface area contributed by atoms with Crippen LogP contribution in [0.15, 0.2) is 67.0 Å². The van der Waals surface area contributed by atoms with E-state index in [1.807, 2.05) is 30.3 Å². The van der Waals surface area contributed by atoms with E-state index in [9.17, 15) is 14.7 Å². The Kier molecular flexibility index (Phi) is 9.92. The van der Waals surface area contributed by atoms with Crippen molar-refractivity contribution in [2.75, 3.05) is 77.7 Å². The summed E-state index contributed by atoms with van der Waals surface area (Å²) in [4.78, 5) is 40.3. The molecule has 3 aromatic heterocycles. The summed E-state index contributed by atoms with van der Waals surface area (Å²) in [5.41, 5.74) is 13.5. The molecule has 8 heterocycles. The molecule has 6 fully saturated rings. The molecule has 5 aliphatic heterocycles. The van der Waals surface area contributed by atoms with Crippen molar-refractivity contribution in [3.05, 3.63) is 78.4 Å². The summed E-state index contributed by atoms with van der Waals surface area (Å²) in [5.74, 6) is 0.772. The van der Waals surface area contributed by atoms with Gasteiger partial charge in [0.1, 0.15) is 17.2 Å². The van der Waals surface area contributed by atoms with Gasteiger partial charge < -0.3 is 35.0 Å². The van der Waals surface area contributed by atoms with Gasteiger partial charge in [0.25, 0.3) is 0 Å². The number of nitrogens with zero attached hydrogens (tertiary/aromatic N) is 9. The molecular formula is C48H56FN11O3. The highest BCUT2D eigenvalue weighted by atomic mass is 19.1. The Balaban J connectivity index is 0.675. The quantitative estimate of drug-likeness (QED) is 0.150. The molecule has 2 unspecified atom stereocenters. The van der Waals surface area contributed by atoms with E-state index in [1.54, 1.807) is 29.3 Å². The van der Waals surface area contributed by atoms with Crippen LogP contribution in [0.1, 0.15) is 69.4 Å². The van der Waals surface area contributed by atoms with Crippen molar-refractivity contribution in [1.29, 1.82) is 0 Å². The summed E-state index contributed by atoms with van der Waals surface area (Å²) in [6, 6.07) is 17.4. The van der Waals surface area contributed by atoms with Crippen molar-refractivity contribution in [3.63, 3.8) is 0 Å². The summed E-state index contributed by atoms with van der Waals surface area (Å²) in [6.07, 6.45) is 13.2. The van der Waals surface area contributed by atoms with Crippen molar-refractivity contribution in [2.24, 2.45) is 11.3 Å². The summed E-state index contributed by atoms with van der Waals surface area (Å²) >= 11 is 0. The molecule has 5 aromatic rings. The zero-order valence-electron chi connectivity index (χ0n) is 35.9. The van der Waals surface area contributed by atoms with E-state index in [1.165, 1.54) is 25.9 Å². The molecule has 2 bridgehead atoms. The van der Waals surface area contributed by atoms with Crippen molar-refractivity contribution >= 4 is 51.5 Å².